The molecule has 156 valence electrons. The predicted octanol–water partition coefficient (Wildman–Crippen LogP) is 2.82. The lowest BCUT2D eigenvalue weighted by Gasteiger charge is -2.35. The number of piperazine rings is 1. The van der Waals surface area contributed by atoms with Crippen molar-refractivity contribution in [1.29, 1.82) is 0 Å². The Kier molecular flexibility index (Phi) is 6.56. The molecule has 9 heteroatoms. The minimum Gasteiger partial charge on any atom is -0.367 e. The van der Waals surface area contributed by atoms with Crippen LogP contribution in [0.2, 0.25) is 5.02 Å². The third-order valence-corrected chi connectivity index (χ3v) is 6.16. The fourth-order valence-electron chi connectivity index (χ4n) is 3.37. The second kappa shape index (κ2) is 9.51. The largest absolute Gasteiger partial charge is 0.385 e. The van der Waals surface area contributed by atoms with Crippen molar-refractivity contribution in [2.45, 2.75) is 5.16 Å². The number of amides is 1. The maximum atomic E-state index is 12.7. The van der Waals surface area contributed by atoms with Crippen molar-refractivity contribution in [3.8, 4) is 5.69 Å². The number of rotatable bonds is 6. The van der Waals surface area contributed by atoms with Crippen molar-refractivity contribution in [3.63, 3.8) is 0 Å². The summed E-state index contributed by atoms with van der Waals surface area (Å²) in [5.74, 6) is 0.145. The summed E-state index contributed by atoms with van der Waals surface area (Å²) < 4.78 is 1.85. The smallest absolute Gasteiger partial charge is 0.367 e. The van der Waals surface area contributed by atoms with E-state index in [2.05, 4.69) is 32.2 Å². The van der Waals surface area contributed by atoms with Crippen molar-refractivity contribution < 1.29 is 9.48 Å². The van der Waals surface area contributed by atoms with Gasteiger partial charge in [0.2, 0.25) is 12.2 Å². The number of hydrogen-bond donors (Lipinski definition) is 2. The number of para-hydroxylation sites is 1. The molecule has 2 heterocycles. The second-order valence-electron chi connectivity index (χ2n) is 7.13. The molecule has 0 bridgehead atoms. The Morgan fingerprint density at radius 3 is 2.73 bits per heavy atom. The molecule has 1 aromatic heterocycles. The van der Waals surface area contributed by atoms with E-state index in [0.717, 1.165) is 48.4 Å². The molecular formula is C21H24ClN6OS+. The van der Waals surface area contributed by atoms with Crippen LogP contribution in [0.1, 0.15) is 0 Å². The first-order chi connectivity index (χ1) is 14.6. The summed E-state index contributed by atoms with van der Waals surface area (Å²) in [6.07, 6.45) is 1.62. The number of nitrogens with zero attached hydrogens (tertiary/aromatic N) is 4. The summed E-state index contributed by atoms with van der Waals surface area (Å²) in [5, 5.41) is 7.44. The fraction of sp³-hybridized carbons (Fsp3) is 0.286. The Balaban J connectivity index is 1.43. The van der Waals surface area contributed by atoms with Crippen LogP contribution < -0.4 is 14.9 Å². The molecule has 1 fully saturated rings. The highest BCUT2D eigenvalue weighted by Crippen LogP contribution is 2.30. The zero-order valence-electron chi connectivity index (χ0n) is 16.7. The van der Waals surface area contributed by atoms with Gasteiger partial charge < -0.3 is 15.1 Å². The van der Waals surface area contributed by atoms with Gasteiger partial charge in [0, 0.05) is 31.2 Å². The van der Waals surface area contributed by atoms with E-state index in [-0.39, 0.29) is 11.7 Å². The number of hydrogen-bond acceptors (Lipinski definition) is 5. The number of aromatic amines is 1. The normalized spacial score (nSPS) is 14.7. The molecule has 0 saturated carbocycles. The number of anilines is 2. The van der Waals surface area contributed by atoms with E-state index < -0.39 is 0 Å². The minimum atomic E-state index is -0.0970. The molecule has 2 aromatic carbocycles. The van der Waals surface area contributed by atoms with Gasteiger partial charge in [-0.05, 0) is 54.1 Å². The molecule has 0 aliphatic carbocycles. The summed E-state index contributed by atoms with van der Waals surface area (Å²) in [4.78, 5) is 21.6. The third-order valence-electron chi connectivity index (χ3n) is 4.98. The van der Waals surface area contributed by atoms with E-state index in [9.17, 15) is 4.79 Å². The average molecular weight is 444 g/mol. The van der Waals surface area contributed by atoms with Crippen LogP contribution >= 0.6 is 23.4 Å². The highest BCUT2D eigenvalue weighted by Gasteiger charge is 2.21. The van der Waals surface area contributed by atoms with Crippen molar-refractivity contribution in [2.75, 3.05) is 49.2 Å². The summed E-state index contributed by atoms with van der Waals surface area (Å²) in [7, 11) is 2.12. The predicted molar refractivity (Wildman–Crippen MR) is 121 cm³/mol. The zero-order chi connectivity index (χ0) is 20.9. The number of carbonyl (C=O) groups is 1. The third kappa shape index (κ3) is 4.95. The molecule has 1 aliphatic rings. The summed E-state index contributed by atoms with van der Waals surface area (Å²) in [5.41, 5.74) is 2.71. The van der Waals surface area contributed by atoms with Gasteiger partial charge in [0.25, 0.3) is 0 Å². The molecule has 1 aliphatic heterocycles. The van der Waals surface area contributed by atoms with Gasteiger partial charge in [-0.2, -0.15) is 5.10 Å². The molecule has 1 saturated heterocycles. The molecule has 0 radical (unpaired) electrons. The van der Waals surface area contributed by atoms with Gasteiger partial charge in [-0.3, -0.25) is 4.79 Å². The van der Waals surface area contributed by atoms with Crippen molar-refractivity contribution in [1.82, 2.24) is 15.0 Å². The standard InChI is InChI=1S/C21H23ClN6OS/c1-26-9-11-27(12-10-26)19-8-7-16(22)13-18(19)25-20(29)14-30-21-23-15-24-28(21)17-5-3-2-4-6-17/h2-8,13,15H,9-12,14H2,1H3,(H,25,29)/p+1. The maximum Gasteiger partial charge on any atom is 0.385 e. The molecule has 3 aromatic rings. The van der Waals surface area contributed by atoms with E-state index in [1.165, 1.54) is 11.8 Å². The summed E-state index contributed by atoms with van der Waals surface area (Å²) in [6, 6.07) is 15.5. The van der Waals surface area contributed by atoms with Crippen LogP contribution in [0.4, 0.5) is 11.4 Å². The highest BCUT2D eigenvalue weighted by molar-refractivity contribution is 7.99. The molecule has 4 rings (SSSR count). The lowest BCUT2D eigenvalue weighted by Crippen LogP contribution is -2.44. The number of halogens is 1. The van der Waals surface area contributed by atoms with Crippen LogP contribution in [-0.2, 0) is 4.79 Å². The monoisotopic (exact) mass is 443 g/mol. The number of likely N-dealkylation sites (N-methyl/N-ethyl adjacent to an activating group) is 1. The van der Waals surface area contributed by atoms with Gasteiger partial charge >= 0.3 is 5.16 Å². The first kappa shape index (κ1) is 20.7. The van der Waals surface area contributed by atoms with E-state index in [0.29, 0.717) is 5.02 Å². The molecule has 0 unspecified atom stereocenters. The van der Waals surface area contributed by atoms with Crippen LogP contribution in [0.15, 0.2) is 60.0 Å². The molecule has 0 spiro atoms. The average Bonchev–Trinajstić information content (AvgIpc) is 3.23. The number of benzene rings is 2. The van der Waals surface area contributed by atoms with Crippen LogP contribution in [0.25, 0.3) is 5.69 Å². The summed E-state index contributed by atoms with van der Waals surface area (Å²) in [6.45, 7) is 3.81. The number of carbonyl (C=O) groups excluding carboxylic acids is 1. The fourth-order valence-corrected chi connectivity index (χ4v) is 4.29. The van der Waals surface area contributed by atoms with Crippen molar-refractivity contribution >= 4 is 40.6 Å². The number of aromatic nitrogens is 3. The number of thioether (sulfide) groups is 1. The minimum absolute atomic E-state index is 0.0970. The van der Waals surface area contributed by atoms with E-state index in [1.54, 1.807) is 6.33 Å². The molecular weight excluding hydrogens is 420 g/mol. The van der Waals surface area contributed by atoms with Crippen molar-refractivity contribution in [2.24, 2.45) is 0 Å². The number of H-pyrrole nitrogens is 1. The van der Waals surface area contributed by atoms with E-state index >= 15 is 0 Å². The molecule has 2 N–H and O–H groups in total. The van der Waals surface area contributed by atoms with Gasteiger partial charge in [0.05, 0.1) is 17.1 Å². The van der Waals surface area contributed by atoms with Crippen LogP contribution in [0.3, 0.4) is 0 Å². The lowest BCUT2D eigenvalue weighted by molar-refractivity contribution is -0.694. The van der Waals surface area contributed by atoms with Crippen LogP contribution in [-0.4, -0.2) is 59.9 Å². The van der Waals surface area contributed by atoms with E-state index in [1.807, 2.05) is 53.2 Å². The van der Waals surface area contributed by atoms with Gasteiger partial charge in [-0.1, -0.05) is 29.8 Å². The zero-order valence-corrected chi connectivity index (χ0v) is 18.3. The van der Waals surface area contributed by atoms with Gasteiger partial charge in [-0.25, -0.2) is 0 Å². The SMILES string of the molecule is CN1CCN(c2ccc(Cl)cc2NC(=O)CSc2nc[nH][n+]2-c2ccccc2)CC1. The quantitative estimate of drug-likeness (QED) is 0.453. The second-order valence-corrected chi connectivity index (χ2v) is 8.51. The molecule has 30 heavy (non-hydrogen) atoms. The van der Waals surface area contributed by atoms with Crippen LogP contribution in [0.5, 0.6) is 0 Å². The Labute approximate surface area is 185 Å². The first-order valence-electron chi connectivity index (χ1n) is 9.77. The summed E-state index contributed by atoms with van der Waals surface area (Å²) >= 11 is 7.59. The number of nitrogens with one attached hydrogen (secondary N) is 2. The topological polar surface area (TPSA) is 68.1 Å². The molecule has 0 atom stereocenters. The molecule has 7 nitrogen and oxygen atoms in total. The lowest BCUT2D eigenvalue weighted by atomic mass is 10.2. The maximum absolute atomic E-state index is 12.7. The Morgan fingerprint density at radius 2 is 1.97 bits per heavy atom. The van der Waals surface area contributed by atoms with Gasteiger partial charge in [0.15, 0.2) is 5.69 Å². The Morgan fingerprint density at radius 1 is 1.20 bits per heavy atom. The first-order valence-corrected chi connectivity index (χ1v) is 11.1. The Hall–Kier alpha value is -2.55. The van der Waals surface area contributed by atoms with Gasteiger partial charge in [0.1, 0.15) is 0 Å². The highest BCUT2D eigenvalue weighted by atomic mass is 35.5. The van der Waals surface area contributed by atoms with E-state index in [4.69, 9.17) is 11.6 Å². The van der Waals surface area contributed by atoms with Gasteiger partial charge in [-0.15, -0.1) is 4.68 Å². The Bertz CT molecular complexity index is 1000. The van der Waals surface area contributed by atoms with Crippen LogP contribution in [0, 0.1) is 0 Å². The van der Waals surface area contributed by atoms with Crippen molar-refractivity contribution in [3.05, 3.63) is 59.9 Å². The molecule has 1 amide bonds.